The maximum atomic E-state index is 3.82. The minimum atomic E-state index is 0.820. The molecule has 1 aliphatic heterocycles. The van der Waals surface area contributed by atoms with Crippen LogP contribution in [0.4, 0.5) is 0 Å². The van der Waals surface area contributed by atoms with Gasteiger partial charge in [0.05, 0.1) is 0 Å². The van der Waals surface area contributed by atoms with E-state index >= 15 is 0 Å². The smallest absolute Gasteiger partial charge is 0.0120 e. The molecule has 0 unspecified atom stereocenters. The Hall–Kier alpha value is -0.340. The molecule has 1 aliphatic rings. The molecule has 2 nitrogen and oxygen atoms in total. The zero-order chi connectivity index (χ0) is 11.1. The minimum Gasteiger partial charge on any atom is -0.306 e. The van der Waals surface area contributed by atoms with Crippen LogP contribution in [0.1, 0.15) is 32.6 Å². The number of hydrogen-bond acceptors (Lipinski definition) is 2. The maximum Gasteiger partial charge on any atom is 0.0120 e. The minimum absolute atomic E-state index is 0.820. The van der Waals surface area contributed by atoms with Crippen LogP contribution in [-0.2, 0) is 0 Å². The van der Waals surface area contributed by atoms with Crippen LogP contribution in [0.3, 0.4) is 0 Å². The Balaban J connectivity index is 2.36. The van der Waals surface area contributed by atoms with Crippen molar-refractivity contribution in [3.63, 3.8) is 0 Å². The number of hydrogen-bond donors (Lipinski definition) is 0. The molecule has 15 heavy (non-hydrogen) atoms. The van der Waals surface area contributed by atoms with Gasteiger partial charge in [0.15, 0.2) is 0 Å². The molecule has 0 radical (unpaired) electrons. The number of nitrogens with zero attached hydrogens (tertiary/aromatic N) is 2. The molecule has 0 bridgehead atoms. The number of likely N-dealkylation sites (tertiary alicyclic amines) is 1. The lowest BCUT2D eigenvalue weighted by molar-refractivity contribution is 0.122. The third kappa shape index (κ3) is 4.35. The van der Waals surface area contributed by atoms with Crippen LogP contribution in [0, 0.1) is 0 Å². The van der Waals surface area contributed by atoms with Crippen molar-refractivity contribution in [2.45, 2.75) is 38.6 Å². The Labute approximate surface area is 94.9 Å². The Bertz CT molecular complexity index is 171. The molecule has 0 N–H and O–H groups in total. The van der Waals surface area contributed by atoms with Gasteiger partial charge in [-0.2, -0.15) is 0 Å². The predicted octanol–water partition coefficient (Wildman–Crippen LogP) is 2.37. The summed E-state index contributed by atoms with van der Waals surface area (Å²) in [4.78, 5) is 5.10. The molecule has 1 saturated heterocycles. The summed E-state index contributed by atoms with van der Waals surface area (Å²) in [5.41, 5.74) is 0. The summed E-state index contributed by atoms with van der Waals surface area (Å²) < 4.78 is 0. The fourth-order valence-corrected chi connectivity index (χ4v) is 2.38. The molecule has 2 heteroatoms. The summed E-state index contributed by atoms with van der Waals surface area (Å²) in [5, 5.41) is 0. The first-order valence-electron chi connectivity index (χ1n) is 6.31. The van der Waals surface area contributed by atoms with Crippen molar-refractivity contribution < 1.29 is 0 Å². The summed E-state index contributed by atoms with van der Waals surface area (Å²) in [6, 6.07) is 0.820. The van der Waals surface area contributed by atoms with Gasteiger partial charge in [-0.1, -0.05) is 13.0 Å². The molecule has 0 aromatic carbocycles. The molecule has 0 spiro atoms. The predicted molar refractivity (Wildman–Crippen MR) is 67.2 cm³/mol. The van der Waals surface area contributed by atoms with E-state index in [2.05, 4.69) is 30.4 Å². The van der Waals surface area contributed by atoms with E-state index in [1.165, 1.54) is 45.4 Å². The molecular formula is C13H26N2. The van der Waals surface area contributed by atoms with Crippen molar-refractivity contribution in [3.8, 4) is 0 Å². The van der Waals surface area contributed by atoms with Crippen molar-refractivity contribution in [3.05, 3.63) is 12.7 Å². The van der Waals surface area contributed by atoms with Gasteiger partial charge >= 0.3 is 0 Å². The topological polar surface area (TPSA) is 6.48 Å². The highest BCUT2D eigenvalue weighted by Crippen LogP contribution is 2.16. The van der Waals surface area contributed by atoms with Gasteiger partial charge < -0.3 is 4.90 Å². The highest BCUT2D eigenvalue weighted by atomic mass is 15.2. The van der Waals surface area contributed by atoms with Crippen molar-refractivity contribution in [1.29, 1.82) is 0 Å². The second-order valence-corrected chi connectivity index (χ2v) is 4.65. The third-order valence-corrected chi connectivity index (χ3v) is 3.34. The molecule has 0 saturated carbocycles. The molecule has 88 valence electrons. The third-order valence-electron chi connectivity index (χ3n) is 3.34. The normalized spacial score (nSPS) is 19.7. The summed E-state index contributed by atoms with van der Waals surface area (Å²) in [7, 11) is 2.23. The van der Waals surface area contributed by atoms with Crippen LogP contribution >= 0.6 is 0 Å². The Morgan fingerprint density at radius 3 is 2.53 bits per heavy atom. The molecule has 0 aliphatic carbocycles. The Morgan fingerprint density at radius 2 is 2.00 bits per heavy atom. The van der Waals surface area contributed by atoms with E-state index in [0.29, 0.717) is 0 Å². The van der Waals surface area contributed by atoms with Gasteiger partial charge in [-0.3, -0.25) is 4.90 Å². The van der Waals surface area contributed by atoms with Crippen LogP contribution in [0.25, 0.3) is 0 Å². The summed E-state index contributed by atoms with van der Waals surface area (Å²) in [5.74, 6) is 0. The van der Waals surface area contributed by atoms with Crippen molar-refractivity contribution in [2.75, 3.05) is 33.2 Å². The average Bonchev–Trinajstić information content (AvgIpc) is 2.25. The molecule has 0 aromatic rings. The summed E-state index contributed by atoms with van der Waals surface area (Å²) in [6.45, 7) is 11.1. The van der Waals surface area contributed by atoms with E-state index in [0.717, 1.165) is 12.5 Å². The molecular weight excluding hydrogens is 184 g/mol. The highest BCUT2D eigenvalue weighted by Gasteiger charge is 2.21. The standard InChI is InChI=1S/C13H26N2/c1-4-6-10-15(9-5-2)13-7-11-14(3)12-8-13/h4,13H,1,5-12H2,2-3H3. The van der Waals surface area contributed by atoms with E-state index in [1.54, 1.807) is 0 Å². The lowest BCUT2D eigenvalue weighted by Crippen LogP contribution is -2.44. The second kappa shape index (κ2) is 7.02. The molecule has 0 aromatic heterocycles. The van der Waals surface area contributed by atoms with Gasteiger partial charge in [0.25, 0.3) is 0 Å². The van der Waals surface area contributed by atoms with Crippen LogP contribution in [0.15, 0.2) is 12.7 Å². The van der Waals surface area contributed by atoms with Gasteiger partial charge in [0.2, 0.25) is 0 Å². The monoisotopic (exact) mass is 210 g/mol. The van der Waals surface area contributed by atoms with Crippen molar-refractivity contribution in [2.24, 2.45) is 0 Å². The lowest BCUT2D eigenvalue weighted by atomic mass is 10.0. The van der Waals surface area contributed by atoms with Gasteiger partial charge in [-0.05, 0) is 52.4 Å². The fraction of sp³-hybridized carbons (Fsp3) is 0.846. The maximum absolute atomic E-state index is 3.82. The van der Waals surface area contributed by atoms with Gasteiger partial charge in [0.1, 0.15) is 0 Å². The van der Waals surface area contributed by atoms with E-state index in [9.17, 15) is 0 Å². The first kappa shape index (κ1) is 12.7. The van der Waals surface area contributed by atoms with Crippen LogP contribution < -0.4 is 0 Å². The van der Waals surface area contributed by atoms with Gasteiger partial charge in [0, 0.05) is 12.6 Å². The molecule has 1 fully saturated rings. The van der Waals surface area contributed by atoms with Crippen molar-refractivity contribution in [1.82, 2.24) is 9.80 Å². The summed E-state index contributed by atoms with van der Waals surface area (Å²) >= 11 is 0. The van der Waals surface area contributed by atoms with Crippen molar-refractivity contribution >= 4 is 0 Å². The molecule has 0 amide bonds. The van der Waals surface area contributed by atoms with E-state index in [4.69, 9.17) is 0 Å². The molecule has 1 rings (SSSR count). The number of piperidine rings is 1. The van der Waals surface area contributed by atoms with E-state index in [-0.39, 0.29) is 0 Å². The molecule has 0 atom stereocenters. The van der Waals surface area contributed by atoms with Crippen LogP contribution in [-0.4, -0.2) is 49.1 Å². The Morgan fingerprint density at radius 1 is 1.33 bits per heavy atom. The highest BCUT2D eigenvalue weighted by molar-refractivity contribution is 4.80. The second-order valence-electron chi connectivity index (χ2n) is 4.65. The van der Waals surface area contributed by atoms with Crippen LogP contribution in [0.2, 0.25) is 0 Å². The first-order chi connectivity index (χ1) is 7.27. The Kier molecular flexibility index (Phi) is 5.96. The zero-order valence-electron chi connectivity index (χ0n) is 10.4. The number of rotatable bonds is 6. The lowest BCUT2D eigenvalue weighted by Gasteiger charge is -2.37. The van der Waals surface area contributed by atoms with Crippen LogP contribution in [0.5, 0.6) is 0 Å². The van der Waals surface area contributed by atoms with Gasteiger partial charge in [-0.15, -0.1) is 6.58 Å². The summed E-state index contributed by atoms with van der Waals surface area (Å²) in [6.07, 6.45) is 7.12. The fourth-order valence-electron chi connectivity index (χ4n) is 2.38. The SMILES string of the molecule is C=CCCN(CCC)C1CCN(C)CC1. The van der Waals surface area contributed by atoms with E-state index < -0.39 is 0 Å². The average molecular weight is 210 g/mol. The van der Waals surface area contributed by atoms with E-state index in [1.807, 2.05) is 6.08 Å². The zero-order valence-corrected chi connectivity index (χ0v) is 10.4. The quantitative estimate of drug-likeness (QED) is 0.621. The van der Waals surface area contributed by atoms with Gasteiger partial charge in [-0.25, -0.2) is 0 Å². The first-order valence-corrected chi connectivity index (χ1v) is 6.31. The largest absolute Gasteiger partial charge is 0.306 e. The molecule has 1 heterocycles.